The summed E-state index contributed by atoms with van der Waals surface area (Å²) in [7, 11) is 1.61. The Bertz CT molecular complexity index is 1150. The number of aryl methyl sites for hydroxylation is 1. The number of ether oxygens (including phenoxy) is 1. The Balaban J connectivity index is 1.75. The van der Waals surface area contributed by atoms with Gasteiger partial charge in [-0.2, -0.15) is 4.68 Å². The van der Waals surface area contributed by atoms with Crippen LogP contribution < -0.4 is 10.3 Å². The van der Waals surface area contributed by atoms with Crippen LogP contribution in [0.4, 0.5) is 4.39 Å². The summed E-state index contributed by atoms with van der Waals surface area (Å²) in [6.45, 7) is 0. The van der Waals surface area contributed by atoms with E-state index < -0.39 is 0 Å². The van der Waals surface area contributed by atoms with E-state index in [1.54, 1.807) is 37.7 Å². The highest BCUT2D eigenvalue weighted by Crippen LogP contribution is 2.24. The van der Waals surface area contributed by atoms with Gasteiger partial charge < -0.3 is 4.74 Å². The van der Waals surface area contributed by atoms with E-state index in [0.717, 1.165) is 16.9 Å². The maximum atomic E-state index is 13.2. The molecular formula is C22H19FN4O2. The van der Waals surface area contributed by atoms with Gasteiger partial charge in [0.1, 0.15) is 11.6 Å². The van der Waals surface area contributed by atoms with Crippen molar-refractivity contribution in [3.63, 3.8) is 0 Å². The predicted molar refractivity (Wildman–Crippen MR) is 108 cm³/mol. The minimum atomic E-state index is -0.280. The van der Waals surface area contributed by atoms with Gasteiger partial charge in [0.05, 0.1) is 12.8 Å². The lowest BCUT2D eigenvalue weighted by atomic mass is 10.0. The van der Waals surface area contributed by atoms with E-state index in [-0.39, 0.29) is 17.3 Å². The molecule has 7 heteroatoms. The van der Waals surface area contributed by atoms with Crippen molar-refractivity contribution >= 4 is 0 Å². The lowest BCUT2D eigenvalue weighted by molar-refractivity contribution is 0.415. The lowest BCUT2D eigenvalue weighted by Crippen LogP contribution is -2.19. The largest absolute Gasteiger partial charge is 0.497 e. The SMILES string of the molecule is COc1ccc(-c2[nH]n(-c3ncccn3)c(=O)c2CCc2ccc(F)cc2)cc1. The van der Waals surface area contributed by atoms with Gasteiger partial charge in [-0.15, -0.1) is 0 Å². The first-order valence-corrected chi connectivity index (χ1v) is 9.16. The molecule has 0 fully saturated rings. The summed E-state index contributed by atoms with van der Waals surface area (Å²) in [5.41, 5.74) is 2.92. The van der Waals surface area contributed by atoms with E-state index in [4.69, 9.17) is 4.74 Å². The maximum Gasteiger partial charge on any atom is 0.277 e. The number of hydrogen-bond donors (Lipinski definition) is 1. The van der Waals surface area contributed by atoms with Crippen molar-refractivity contribution < 1.29 is 9.13 Å². The molecule has 0 aliphatic carbocycles. The van der Waals surface area contributed by atoms with Crippen LogP contribution >= 0.6 is 0 Å². The normalized spacial score (nSPS) is 10.8. The molecule has 0 bridgehead atoms. The molecule has 146 valence electrons. The van der Waals surface area contributed by atoms with Gasteiger partial charge >= 0.3 is 0 Å². The van der Waals surface area contributed by atoms with Crippen LogP contribution in [0.5, 0.6) is 5.75 Å². The van der Waals surface area contributed by atoms with Crippen LogP contribution in [0.25, 0.3) is 17.2 Å². The molecule has 0 spiro atoms. The topological polar surface area (TPSA) is 72.8 Å². The van der Waals surface area contributed by atoms with E-state index in [0.29, 0.717) is 24.1 Å². The van der Waals surface area contributed by atoms with Gasteiger partial charge in [0, 0.05) is 23.5 Å². The molecule has 2 heterocycles. The molecule has 0 saturated carbocycles. The highest BCUT2D eigenvalue weighted by atomic mass is 19.1. The molecule has 4 rings (SSSR count). The average Bonchev–Trinajstić information content (AvgIpc) is 3.10. The second kappa shape index (κ2) is 8.10. The molecule has 29 heavy (non-hydrogen) atoms. The van der Waals surface area contributed by atoms with Crippen LogP contribution in [-0.2, 0) is 12.8 Å². The number of H-pyrrole nitrogens is 1. The van der Waals surface area contributed by atoms with Crippen molar-refractivity contribution in [2.45, 2.75) is 12.8 Å². The quantitative estimate of drug-likeness (QED) is 0.546. The number of aromatic nitrogens is 4. The summed E-state index contributed by atoms with van der Waals surface area (Å²) >= 11 is 0. The third kappa shape index (κ3) is 3.94. The van der Waals surface area contributed by atoms with Gasteiger partial charge in [0.2, 0.25) is 0 Å². The minimum Gasteiger partial charge on any atom is -0.497 e. The van der Waals surface area contributed by atoms with E-state index in [9.17, 15) is 9.18 Å². The fourth-order valence-electron chi connectivity index (χ4n) is 3.17. The number of benzene rings is 2. The molecule has 2 aromatic carbocycles. The summed E-state index contributed by atoms with van der Waals surface area (Å²) in [6.07, 6.45) is 4.26. The Hall–Kier alpha value is -3.74. The second-order valence-electron chi connectivity index (χ2n) is 6.51. The summed E-state index contributed by atoms with van der Waals surface area (Å²) in [5, 5.41) is 3.14. The fourth-order valence-corrected chi connectivity index (χ4v) is 3.17. The van der Waals surface area contributed by atoms with Crippen molar-refractivity contribution in [1.82, 2.24) is 19.7 Å². The zero-order valence-corrected chi connectivity index (χ0v) is 15.8. The molecular weight excluding hydrogens is 371 g/mol. The summed E-state index contributed by atoms with van der Waals surface area (Å²) in [5.74, 6) is 0.730. The summed E-state index contributed by atoms with van der Waals surface area (Å²) in [6, 6.07) is 15.5. The average molecular weight is 390 g/mol. The van der Waals surface area contributed by atoms with Crippen molar-refractivity contribution in [3.8, 4) is 23.0 Å². The Morgan fingerprint density at radius 2 is 1.69 bits per heavy atom. The molecule has 2 aromatic heterocycles. The van der Waals surface area contributed by atoms with Gasteiger partial charge in [0.15, 0.2) is 0 Å². The highest BCUT2D eigenvalue weighted by Gasteiger charge is 2.18. The van der Waals surface area contributed by atoms with Crippen molar-refractivity contribution in [1.29, 1.82) is 0 Å². The Morgan fingerprint density at radius 3 is 2.34 bits per heavy atom. The third-order valence-corrected chi connectivity index (χ3v) is 4.69. The number of nitrogens with zero attached hydrogens (tertiary/aromatic N) is 3. The van der Waals surface area contributed by atoms with Gasteiger partial charge in [0.25, 0.3) is 11.5 Å². The Morgan fingerprint density at radius 1 is 1.00 bits per heavy atom. The monoisotopic (exact) mass is 390 g/mol. The molecule has 0 unspecified atom stereocenters. The lowest BCUT2D eigenvalue weighted by Gasteiger charge is -2.05. The van der Waals surface area contributed by atoms with Crippen LogP contribution in [0.1, 0.15) is 11.1 Å². The zero-order valence-electron chi connectivity index (χ0n) is 15.8. The van der Waals surface area contributed by atoms with Gasteiger partial charge in [-0.25, -0.2) is 14.4 Å². The Labute approximate surface area is 166 Å². The number of aromatic amines is 1. The number of hydrogen-bond acceptors (Lipinski definition) is 4. The van der Waals surface area contributed by atoms with Crippen LogP contribution in [0, 0.1) is 5.82 Å². The van der Waals surface area contributed by atoms with Crippen LogP contribution in [0.3, 0.4) is 0 Å². The number of rotatable bonds is 6. The third-order valence-electron chi connectivity index (χ3n) is 4.69. The molecule has 0 amide bonds. The first kappa shape index (κ1) is 18.6. The van der Waals surface area contributed by atoms with Gasteiger partial charge in [-0.1, -0.05) is 12.1 Å². The first-order chi connectivity index (χ1) is 14.2. The smallest absolute Gasteiger partial charge is 0.277 e. The highest BCUT2D eigenvalue weighted by molar-refractivity contribution is 5.64. The van der Waals surface area contributed by atoms with E-state index in [1.807, 2.05) is 24.3 Å². The van der Waals surface area contributed by atoms with E-state index in [2.05, 4.69) is 15.1 Å². The van der Waals surface area contributed by atoms with Crippen LogP contribution in [-0.4, -0.2) is 26.9 Å². The molecule has 6 nitrogen and oxygen atoms in total. The fraction of sp³-hybridized carbons (Fsp3) is 0.136. The van der Waals surface area contributed by atoms with Crippen LogP contribution in [0.15, 0.2) is 71.8 Å². The van der Waals surface area contributed by atoms with Crippen molar-refractivity contribution in [2.75, 3.05) is 7.11 Å². The molecule has 0 radical (unpaired) electrons. The second-order valence-corrected chi connectivity index (χ2v) is 6.51. The number of methoxy groups -OCH3 is 1. The number of nitrogens with one attached hydrogen (secondary N) is 1. The van der Waals surface area contributed by atoms with Crippen molar-refractivity contribution in [2.24, 2.45) is 0 Å². The maximum absolute atomic E-state index is 13.2. The Kier molecular flexibility index (Phi) is 5.20. The molecule has 0 aliphatic heterocycles. The van der Waals surface area contributed by atoms with Gasteiger partial charge in [-0.3, -0.25) is 9.89 Å². The van der Waals surface area contributed by atoms with E-state index in [1.165, 1.54) is 16.8 Å². The molecule has 4 aromatic rings. The summed E-state index contributed by atoms with van der Waals surface area (Å²) < 4.78 is 19.7. The molecule has 0 atom stereocenters. The minimum absolute atomic E-state index is 0.205. The van der Waals surface area contributed by atoms with E-state index >= 15 is 0 Å². The predicted octanol–water partition coefficient (Wildman–Crippen LogP) is 3.56. The zero-order chi connectivity index (χ0) is 20.2. The molecule has 1 N–H and O–H groups in total. The van der Waals surface area contributed by atoms with Crippen LogP contribution in [0.2, 0.25) is 0 Å². The standard InChI is InChI=1S/C22H19FN4O2/c1-29-18-10-6-16(7-11-18)20-19(12-5-15-3-8-17(23)9-4-15)21(28)27(26-20)22-24-13-2-14-25-22/h2-4,6-11,13-14,26H,5,12H2,1H3. The molecule has 0 aliphatic rings. The number of halogens is 1. The van der Waals surface area contributed by atoms with Gasteiger partial charge in [-0.05, 0) is 60.9 Å². The summed E-state index contributed by atoms with van der Waals surface area (Å²) in [4.78, 5) is 21.5. The molecule has 0 saturated heterocycles. The first-order valence-electron chi connectivity index (χ1n) is 9.16. The van der Waals surface area contributed by atoms with Crippen molar-refractivity contribution in [3.05, 3.63) is 94.3 Å².